The Morgan fingerprint density at radius 3 is 2.56 bits per heavy atom. The van der Waals surface area contributed by atoms with E-state index in [4.69, 9.17) is 4.74 Å². The molecule has 3 nitrogen and oxygen atoms in total. The molecule has 4 atom stereocenters. The quantitative estimate of drug-likeness (QED) is 0.875. The molecule has 4 rings (SSSR count). The normalized spacial score (nSPS) is 28.1. The number of aryl methyl sites for hydroxylation is 1. The average Bonchev–Trinajstić information content (AvgIpc) is 2.65. The molecule has 2 fully saturated rings. The van der Waals surface area contributed by atoms with Crippen LogP contribution in [0, 0.1) is 18.8 Å². The van der Waals surface area contributed by atoms with E-state index in [1.54, 1.807) is 7.11 Å². The molecular formula is C22H28N2O. The summed E-state index contributed by atoms with van der Waals surface area (Å²) in [5.74, 6) is 3.26. The lowest BCUT2D eigenvalue weighted by Gasteiger charge is -2.55. The van der Waals surface area contributed by atoms with E-state index in [-0.39, 0.29) is 0 Å². The first-order chi connectivity index (χ1) is 12.3. The number of methoxy groups -OCH3 is 1. The topological polar surface area (TPSA) is 34.1 Å². The minimum absolute atomic E-state index is 0.589. The summed E-state index contributed by atoms with van der Waals surface area (Å²) in [4.78, 5) is 4.21. The lowest BCUT2D eigenvalue weighted by molar-refractivity contribution is 0.0253. The molecule has 0 aliphatic heterocycles. The second-order valence-corrected chi connectivity index (χ2v) is 7.62. The Hall–Kier alpha value is -1.87. The van der Waals surface area contributed by atoms with Crippen molar-refractivity contribution in [2.45, 2.75) is 51.1 Å². The molecule has 2 saturated carbocycles. The van der Waals surface area contributed by atoms with Gasteiger partial charge in [-0.3, -0.25) is 4.98 Å². The van der Waals surface area contributed by atoms with Crippen LogP contribution in [-0.4, -0.2) is 18.1 Å². The van der Waals surface area contributed by atoms with E-state index in [1.165, 1.54) is 42.4 Å². The number of fused-ring (bicyclic) bond motifs is 1. The molecule has 3 heteroatoms. The SMILES string of the molecule is COc1ccc([C@H]2[C@@H]3CCCC[C@H]3[C@@H]2NCc2ccncc2C)cc1. The number of hydrogen-bond donors (Lipinski definition) is 1. The molecule has 2 aliphatic carbocycles. The lowest BCUT2D eigenvalue weighted by atomic mass is 9.53. The monoisotopic (exact) mass is 336 g/mol. The zero-order valence-electron chi connectivity index (χ0n) is 15.2. The fraction of sp³-hybridized carbons (Fsp3) is 0.500. The van der Waals surface area contributed by atoms with E-state index in [0.29, 0.717) is 12.0 Å². The van der Waals surface area contributed by atoms with Crippen molar-refractivity contribution in [1.82, 2.24) is 10.3 Å². The number of nitrogens with zero attached hydrogens (tertiary/aromatic N) is 1. The van der Waals surface area contributed by atoms with Gasteiger partial charge in [0.2, 0.25) is 0 Å². The van der Waals surface area contributed by atoms with Gasteiger partial charge >= 0.3 is 0 Å². The van der Waals surface area contributed by atoms with Crippen molar-refractivity contribution in [3.05, 3.63) is 59.4 Å². The van der Waals surface area contributed by atoms with Crippen LogP contribution in [0.5, 0.6) is 5.75 Å². The Kier molecular flexibility index (Phi) is 4.76. The molecule has 0 amide bonds. The highest BCUT2D eigenvalue weighted by Gasteiger charge is 2.50. The number of nitrogens with one attached hydrogen (secondary N) is 1. The summed E-state index contributed by atoms with van der Waals surface area (Å²) in [6.45, 7) is 3.09. The highest BCUT2D eigenvalue weighted by atomic mass is 16.5. The first-order valence-electron chi connectivity index (χ1n) is 9.55. The molecule has 1 heterocycles. The van der Waals surface area contributed by atoms with Crippen molar-refractivity contribution >= 4 is 0 Å². The zero-order valence-corrected chi connectivity index (χ0v) is 15.2. The Labute approximate surface area is 150 Å². The maximum atomic E-state index is 5.33. The highest BCUT2D eigenvalue weighted by Crippen LogP contribution is 2.54. The zero-order chi connectivity index (χ0) is 17.2. The van der Waals surface area contributed by atoms with Crippen LogP contribution in [0.3, 0.4) is 0 Å². The third kappa shape index (κ3) is 3.18. The largest absolute Gasteiger partial charge is 0.497 e. The van der Waals surface area contributed by atoms with Gasteiger partial charge in [-0.1, -0.05) is 25.0 Å². The van der Waals surface area contributed by atoms with E-state index in [0.717, 1.165) is 24.1 Å². The molecule has 1 aromatic carbocycles. The summed E-state index contributed by atoms with van der Waals surface area (Å²) in [7, 11) is 1.73. The van der Waals surface area contributed by atoms with Crippen LogP contribution in [-0.2, 0) is 6.54 Å². The van der Waals surface area contributed by atoms with Crippen molar-refractivity contribution in [2.75, 3.05) is 7.11 Å². The van der Waals surface area contributed by atoms with Gasteiger partial charge in [0.25, 0.3) is 0 Å². The summed E-state index contributed by atoms with van der Waals surface area (Å²) in [5.41, 5.74) is 4.10. The maximum absolute atomic E-state index is 5.33. The number of hydrogen-bond acceptors (Lipinski definition) is 3. The fourth-order valence-corrected chi connectivity index (χ4v) is 4.95. The number of benzene rings is 1. The van der Waals surface area contributed by atoms with Crippen LogP contribution >= 0.6 is 0 Å². The predicted molar refractivity (Wildman–Crippen MR) is 101 cm³/mol. The van der Waals surface area contributed by atoms with Crippen molar-refractivity contribution in [2.24, 2.45) is 11.8 Å². The molecule has 1 N–H and O–H groups in total. The molecular weight excluding hydrogens is 308 g/mol. The Balaban J connectivity index is 1.52. The van der Waals surface area contributed by atoms with E-state index in [1.807, 2.05) is 12.4 Å². The van der Waals surface area contributed by atoms with Gasteiger partial charge in [0.15, 0.2) is 0 Å². The Bertz CT molecular complexity index is 712. The van der Waals surface area contributed by atoms with Gasteiger partial charge in [0.05, 0.1) is 7.11 Å². The molecule has 0 bridgehead atoms. The minimum atomic E-state index is 0.589. The molecule has 132 valence electrons. The van der Waals surface area contributed by atoms with Gasteiger partial charge in [0.1, 0.15) is 5.75 Å². The second kappa shape index (κ2) is 7.17. The molecule has 2 aromatic rings. The van der Waals surface area contributed by atoms with Crippen molar-refractivity contribution in [3.8, 4) is 5.75 Å². The van der Waals surface area contributed by atoms with Crippen LogP contribution in [0.25, 0.3) is 0 Å². The fourth-order valence-electron chi connectivity index (χ4n) is 4.95. The van der Waals surface area contributed by atoms with E-state index in [2.05, 4.69) is 47.6 Å². The van der Waals surface area contributed by atoms with Crippen LogP contribution in [0.15, 0.2) is 42.7 Å². The first-order valence-corrected chi connectivity index (χ1v) is 9.55. The maximum Gasteiger partial charge on any atom is 0.118 e. The van der Waals surface area contributed by atoms with Gasteiger partial charge in [-0.2, -0.15) is 0 Å². The number of aromatic nitrogens is 1. The lowest BCUT2D eigenvalue weighted by Crippen LogP contribution is -2.57. The van der Waals surface area contributed by atoms with Gasteiger partial charge in [-0.05, 0) is 66.5 Å². The summed E-state index contributed by atoms with van der Waals surface area (Å²) in [6.07, 6.45) is 9.41. The van der Waals surface area contributed by atoms with Crippen molar-refractivity contribution < 1.29 is 4.74 Å². The van der Waals surface area contributed by atoms with Gasteiger partial charge in [0, 0.05) is 30.9 Å². The Morgan fingerprint density at radius 1 is 1.08 bits per heavy atom. The van der Waals surface area contributed by atoms with E-state index in [9.17, 15) is 0 Å². The molecule has 1 aromatic heterocycles. The van der Waals surface area contributed by atoms with Crippen LogP contribution in [0.1, 0.15) is 48.3 Å². The molecule has 0 radical (unpaired) electrons. The van der Waals surface area contributed by atoms with Crippen LogP contribution < -0.4 is 10.1 Å². The van der Waals surface area contributed by atoms with E-state index < -0.39 is 0 Å². The summed E-state index contributed by atoms with van der Waals surface area (Å²) < 4.78 is 5.33. The van der Waals surface area contributed by atoms with Crippen molar-refractivity contribution in [3.63, 3.8) is 0 Å². The third-order valence-electron chi connectivity index (χ3n) is 6.35. The molecule has 0 spiro atoms. The smallest absolute Gasteiger partial charge is 0.118 e. The van der Waals surface area contributed by atoms with E-state index >= 15 is 0 Å². The minimum Gasteiger partial charge on any atom is -0.497 e. The molecule has 25 heavy (non-hydrogen) atoms. The summed E-state index contributed by atoms with van der Waals surface area (Å²) in [6, 6.07) is 11.5. The second-order valence-electron chi connectivity index (χ2n) is 7.62. The van der Waals surface area contributed by atoms with Crippen LogP contribution in [0.2, 0.25) is 0 Å². The predicted octanol–water partition coefficient (Wildman–Crippen LogP) is 4.46. The number of rotatable bonds is 5. The summed E-state index contributed by atoms with van der Waals surface area (Å²) in [5, 5.41) is 3.89. The highest BCUT2D eigenvalue weighted by molar-refractivity contribution is 5.34. The molecule has 2 aliphatic rings. The Morgan fingerprint density at radius 2 is 1.84 bits per heavy atom. The average molecular weight is 336 g/mol. The number of ether oxygens (including phenoxy) is 1. The van der Waals surface area contributed by atoms with Crippen molar-refractivity contribution in [1.29, 1.82) is 0 Å². The number of pyridine rings is 1. The van der Waals surface area contributed by atoms with Gasteiger partial charge in [-0.25, -0.2) is 0 Å². The van der Waals surface area contributed by atoms with Crippen LogP contribution in [0.4, 0.5) is 0 Å². The van der Waals surface area contributed by atoms with Gasteiger partial charge in [-0.15, -0.1) is 0 Å². The summed E-state index contributed by atoms with van der Waals surface area (Å²) >= 11 is 0. The standard InChI is InChI=1S/C22H28N2O/c1-15-13-23-12-11-17(15)14-24-22-20-6-4-3-5-19(20)21(22)16-7-9-18(25-2)10-8-16/h7-13,19-22,24H,3-6,14H2,1-2H3/t19-,20-,21+,22+/m1/s1. The third-order valence-corrected chi connectivity index (χ3v) is 6.35. The first kappa shape index (κ1) is 16.6. The van der Waals surface area contributed by atoms with Gasteiger partial charge < -0.3 is 10.1 Å². The molecule has 0 unspecified atom stereocenters. The molecule has 0 saturated heterocycles.